The molecule has 0 N–H and O–H groups in total. The van der Waals surface area contributed by atoms with Gasteiger partial charge in [0.15, 0.2) is 16.7 Å². The molecule has 38 heavy (non-hydrogen) atoms. The number of para-hydroxylation sites is 1. The van der Waals surface area contributed by atoms with Gasteiger partial charge in [-0.2, -0.15) is 0 Å². The molecule has 0 spiro atoms. The molecule has 4 rings (SSSR count). The van der Waals surface area contributed by atoms with E-state index in [1.165, 1.54) is 32.0 Å². The standard InChI is InChI=1S/C28H28N2O7S/c1-4-35-15-14-30-26(31)25(38-28(30)29-20-8-6-5-7-9-20)17-19-10-12-22(24(16-19)33-2)36-18-21-11-13-23(37-21)27(32)34-3/h5-13,16-17H,4,14-15,18H2,1-3H3/b25-17+,29-28?. The van der Waals surface area contributed by atoms with Crippen molar-refractivity contribution in [2.75, 3.05) is 34.0 Å². The first-order chi connectivity index (χ1) is 18.5. The monoisotopic (exact) mass is 536 g/mol. The maximum atomic E-state index is 13.3. The molecule has 198 valence electrons. The third kappa shape index (κ3) is 6.64. The maximum Gasteiger partial charge on any atom is 0.373 e. The van der Waals surface area contributed by atoms with Crippen LogP contribution in [0.4, 0.5) is 5.69 Å². The average molecular weight is 537 g/mol. The second kappa shape index (κ2) is 13.0. The van der Waals surface area contributed by atoms with E-state index in [2.05, 4.69) is 9.73 Å². The van der Waals surface area contributed by atoms with Gasteiger partial charge in [0.05, 0.1) is 38.0 Å². The molecule has 1 amide bonds. The fourth-order valence-corrected chi connectivity index (χ4v) is 4.59. The quantitative estimate of drug-likeness (QED) is 0.185. The number of hydrogen-bond donors (Lipinski definition) is 0. The van der Waals surface area contributed by atoms with Crippen molar-refractivity contribution >= 4 is 40.6 Å². The molecule has 0 radical (unpaired) electrons. The third-order valence-corrected chi connectivity index (χ3v) is 6.44. The maximum absolute atomic E-state index is 13.3. The smallest absolute Gasteiger partial charge is 0.373 e. The summed E-state index contributed by atoms with van der Waals surface area (Å²) in [6.07, 6.45) is 1.80. The number of amidine groups is 1. The van der Waals surface area contributed by atoms with Crippen LogP contribution in [0.25, 0.3) is 6.08 Å². The molecule has 0 bridgehead atoms. The lowest BCUT2D eigenvalue weighted by atomic mass is 10.2. The van der Waals surface area contributed by atoms with Crippen molar-refractivity contribution in [3.05, 3.63) is 82.7 Å². The highest BCUT2D eigenvalue weighted by atomic mass is 32.2. The third-order valence-electron chi connectivity index (χ3n) is 5.44. The molecule has 0 saturated carbocycles. The summed E-state index contributed by atoms with van der Waals surface area (Å²) < 4.78 is 26.9. The normalized spacial score (nSPS) is 15.3. The van der Waals surface area contributed by atoms with Crippen LogP contribution >= 0.6 is 11.8 Å². The Morgan fingerprint density at radius 2 is 1.89 bits per heavy atom. The number of hydrogen-bond acceptors (Lipinski definition) is 9. The molecule has 2 aromatic carbocycles. The van der Waals surface area contributed by atoms with Gasteiger partial charge in [0.2, 0.25) is 5.76 Å². The molecule has 1 aliphatic heterocycles. The van der Waals surface area contributed by atoms with Gasteiger partial charge in [-0.15, -0.1) is 0 Å². The fourth-order valence-electron chi connectivity index (χ4n) is 3.56. The van der Waals surface area contributed by atoms with Crippen LogP contribution in [0.2, 0.25) is 0 Å². The first-order valence-electron chi connectivity index (χ1n) is 11.9. The predicted molar refractivity (Wildman–Crippen MR) is 145 cm³/mol. The summed E-state index contributed by atoms with van der Waals surface area (Å²) in [6.45, 7) is 3.41. The van der Waals surface area contributed by atoms with E-state index >= 15 is 0 Å². The number of benzene rings is 2. The van der Waals surface area contributed by atoms with Crippen LogP contribution < -0.4 is 9.47 Å². The molecule has 1 fully saturated rings. The SMILES string of the molecule is CCOCCN1C(=O)/C(=C\c2ccc(OCc3ccc(C(=O)OC)o3)c(OC)c2)SC1=Nc1ccccc1. The van der Waals surface area contributed by atoms with E-state index in [0.717, 1.165) is 11.3 Å². The number of thioether (sulfide) groups is 1. The van der Waals surface area contributed by atoms with E-state index in [4.69, 9.17) is 18.6 Å². The van der Waals surface area contributed by atoms with Crippen LogP contribution in [0.1, 0.15) is 28.8 Å². The minimum atomic E-state index is -0.557. The molecule has 0 atom stereocenters. The van der Waals surface area contributed by atoms with Gasteiger partial charge in [-0.1, -0.05) is 24.3 Å². The second-order valence-electron chi connectivity index (χ2n) is 7.95. The van der Waals surface area contributed by atoms with Crippen molar-refractivity contribution < 1.29 is 33.0 Å². The van der Waals surface area contributed by atoms with Crippen molar-refractivity contribution in [3.8, 4) is 11.5 Å². The van der Waals surface area contributed by atoms with Gasteiger partial charge in [0.1, 0.15) is 12.4 Å². The number of carbonyl (C=O) groups excluding carboxylic acids is 2. The molecule has 10 heteroatoms. The molecule has 0 unspecified atom stereocenters. The Balaban J connectivity index is 1.52. The zero-order valence-electron chi connectivity index (χ0n) is 21.3. The van der Waals surface area contributed by atoms with Gasteiger partial charge < -0.3 is 23.4 Å². The second-order valence-corrected chi connectivity index (χ2v) is 8.96. The number of rotatable bonds is 11. The Morgan fingerprint density at radius 1 is 1.08 bits per heavy atom. The molecule has 9 nitrogen and oxygen atoms in total. The molecule has 2 heterocycles. The molecule has 0 aliphatic carbocycles. The van der Waals surface area contributed by atoms with Crippen LogP contribution in [0.3, 0.4) is 0 Å². The van der Waals surface area contributed by atoms with Crippen molar-refractivity contribution in [3.63, 3.8) is 0 Å². The number of nitrogens with zero attached hydrogens (tertiary/aromatic N) is 2. The van der Waals surface area contributed by atoms with Crippen LogP contribution in [0.5, 0.6) is 11.5 Å². The number of aliphatic imine (C=N–C) groups is 1. The Bertz CT molecular complexity index is 1330. The number of furan rings is 1. The largest absolute Gasteiger partial charge is 0.493 e. The first kappa shape index (κ1) is 27.0. The summed E-state index contributed by atoms with van der Waals surface area (Å²) in [5, 5.41) is 0.601. The van der Waals surface area contributed by atoms with E-state index in [-0.39, 0.29) is 18.3 Å². The zero-order valence-corrected chi connectivity index (χ0v) is 22.2. The van der Waals surface area contributed by atoms with Gasteiger partial charge in [0.25, 0.3) is 5.91 Å². The van der Waals surface area contributed by atoms with Crippen molar-refractivity contribution in [2.24, 2.45) is 4.99 Å². The number of amides is 1. The Labute approximate surface area is 225 Å². The van der Waals surface area contributed by atoms with Crippen LogP contribution in [-0.2, 0) is 20.9 Å². The summed E-state index contributed by atoms with van der Waals surface area (Å²) in [4.78, 5) is 31.7. The zero-order chi connectivity index (χ0) is 26.9. The lowest BCUT2D eigenvalue weighted by Gasteiger charge is -2.15. The van der Waals surface area contributed by atoms with Crippen LogP contribution in [0, 0.1) is 0 Å². The summed E-state index contributed by atoms with van der Waals surface area (Å²) in [5.41, 5.74) is 1.53. The molecule has 1 aliphatic rings. The number of carbonyl (C=O) groups is 2. The Hall–Kier alpha value is -4.02. The van der Waals surface area contributed by atoms with Crippen molar-refractivity contribution in [1.29, 1.82) is 0 Å². The van der Waals surface area contributed by atoms with E-state index < -0.39 is 5.97 Å². The van der Waals surface area contributed by atoms with E-state index in [1.807, 2.05) is 43.3 Å². The van der Waals surface area contributed by atoms with Gasteiger partial charge in [-0.25, -0.2) is 9.79 Å². The van der Waals surface area contributed by atoms with Crippen LogP contribution in [0.15, 0.2) is 75.0 Å². The van der Waals surface area contributed by atoms with Crippen molar-refractivity contribution in [2.45, 2.75) is 13.5 Å². The predicted octanol–water partition coefficient (Wildman–Crippen LogP) is 5.29. The van der Waals surface area contributed by atoms with Gasteiger partial charge in [-0.3, -0.25) is 9.69 Å². The lowest BCUT2D eigenvalue weighted by molar-refractivity contribution is -0.122. The Kier molecular flexibility index (Phi) is 9.23. The molecule has 1 aromatic heterocycles. The molecule has 3 aromatic rings. The Morgan fingerprint density at radius 3 is 2.63 bits per heavy atom. The highest BCUT2D eigenvalue weighted by Gasteiger charge is 2.33. The van der Waals surface area contributed by atoms with E-state index in [1.54, 1.807) is 29.2 Å². The highest BCUT2D eigenvalue weighted by Crippen LogP contribution is 2.36. The van der Waals surface area contributed by atoms with E-state index in [9.17, 15) is 9.59 Å². The summed E-state index contributed by atoms with van der Waals surface area (Å²) in [5.74, 6) is 0.844. The fraction of sp³-hybridized carbons (Fsp3) is 0.250. The number of ether oxygens (including phenoxy) is 4. The lowest BCUT2D eigenvalue weighted by Crippen LogP contribution is -2.32. The van der Waals surface area contributed by atoms with E-state index in [0.29, 0.717) is 47.1 Å². The highest BCUT2D eigenvalue weighted by molar-refractivity contribution is 8.18. The molecular weight excluding hydrogens is 508 g/mol. The average Bonchev–Trinajstić information content (AvgIpc) is 3.53. The summed E-state index contributed by atoms with van der Waals surface area (Å²) in [7, 11) is 2.83. The minimum absolute atomic E-state index is 0.0935. The number of esters is 1. The van der Waals surface area contributed by atoms with Crippen molar-refractivity contribution in [1.82, 2.24) is 4.90 Å². The first-order valence-corrected chi connectivity index (χ1v) is 12.7. The summed E-state index contributed by atoms with van der Waals surface area (Å²) >= 11 is 1.32. The topological polar surface area (TPSA) is 99.8 Å². The molecule has 1 saturated heterocycles. The van der Waals surface area contributed by atoms with Crippen LogP contribution in [-0.4, -0.2) is 55.9 Å². The van der Waals surface area contributed by atoms with Gasteiger partial charge in [0, 0.05) is 6.61 Å². The molecular formula is C28H28N2O7S. The van der Waals surface area contributed by atoms with Gasteiger partial charge >= 0.3 is 5.97 Å². The van der Waals surface area contributed by atoms with Gasteiger partial charge in [-0.05, 0) is 66.7 Å². The summed E-state index contributed by atoms with van der Waals surface area (Å²) in [6, 6.07) is 18.1. The number of methoxy groups -OCH3 is 2. The minimum Gasteiger partial charge on any atom is -0.493 e.